The third kappa shape index (κ3) is 6.90. The van der Waals surface area contributed by atoms with Crippen molar-refractivity contribution in [3.05, 3.63) is 0 Å². The smallest absolute Gasteiger partial charge is 0.239 e. The second-order valence-electron chi connectivity index (χ2n) is 3.46. The van der Waals surface area contributed by atoms with E-state index in [0.717, 1.165) is 12.8 Å². The van der Waals surface area contributed by atoms with Gasteiger partial charge >= 0.3 is 0 Å². The van der Waals surface area contributed by atoms with Gasteiger partial charge < -0.3 is 16.4 Å². The van der Waals surface area contributed by atoms with Crippen LogP contribution in [-0.4, -0.2) is 30.9 Å². The summed E-state index contributed by atoms with van der Waals surface area (Å²) < 4.78 is 0. The van der Waals surface area contributed by atoms with Gasteiger partial charge in [-0.05, 0) is 12.8 Å². The van der Waals surface area contributed by atoms with Gasteiger partial charge in [0.1, 0.15) is 0 Å². The van der Waals surface area contributed by atoms with Crippen LogP contribution in [-0.2, 0) is 9.59 Å². The minimum atomic E-state index is -0.506. The van der Waals surface area contributed by atoms with Gasteiger partial charge in [0.15, 0.2) is 0 Å². The Morgan fingerprint density at radius 2 is 1.87 bits per heavy atom. The molecule has 0 bridgehead atoms. The van der Waals surface area contributed by atoms with Crippen molar-refractivity contribution in [3.63, 3.8) is 0 Å². The molecular weight excluding hydrogens is 194 g/mol. The normalized spacial score (nSPS) is 11.9. The van der Waals surface area contributed by atoms with E-state index in [9.17, 15) is 9.59 Å². The van der Waals surface area contributed by atoms with Gasteiger partial charge in [-0.25, -0.2) is 0 Å². The van der Waals surface area contributed by atoms with Crippen molar-refractivity contribution in [2.75, 3.05) is 13.1 Å². The highest BCUT2D eigenvalue weighted by molar-refractivity contribution is 5.87. The average molecular weight is 215 g/mol. The molecule has 0 aliphatic carbocycles. The van der Waals surface area contributed by atoms with Gasteiger partial charge in [-0.1, -0.05) is 20.3 Å². The Labute approximate surface area is 90.8 Å². The summed E-state index contributed by atoms with van der Waals surface area (Å²) in [6, 6.07) is -0.506. The quantitative estimate of drug-likeness (QED) is 0.548. The fourth-order valence-electron chi connectivity index (χ4n) is 1.07. The molecule has 0 radical (unpaired) electrons. The van der Waals surface area contributed by atoms with E-state index in [1.165, 1.54) is 0 Å². The van der Waals surface area contributed by atoms with E-state index >= 15 is 0 Å². The lowest BCUT2D eigenvalue weighted by Crippen LogP contribution is -2.44. The van der Waals surface area contributed by atoms with Crippen molar-refractivity contribution in [1.29, 1.82) is 0 Å². The van der Waals surface area contributed by atoms with E-state index in [1.54, 1.807) is 0 Å². The Morgan fingerprint density at radius 1 is 1.20 bits per heavy atom. The molecule has 0 spiro atoms. The van der Waals surface area contributed by atoms with Crippen LogP contribution < -0.4 is 16.4 Å². The van der Waals surface area contributed by atoms with E-state index in [2.05, 4.69) is 10.6 Å². The Balaban J connectivity index is 3.65. The van der Waals surface area contributed by atoms with Gasteiger partial charge in [0, 0.05) is 6.54 Å². The van der Waals surface area contributed by atoms with Crippen LogP contribution in [0.25, 0.3) is 0 Å². The molecule has 5 heteroatoms. The summed E-state index contributed by atoms with van der Waals surface area (Å²) in [4.78, 5) is 22.4. The molecule has 0 aromatic heterocycles. The molecule has 0 fully saturated rings. The van der Waals surface area contributed by atoms with Crippen molar-refractivity contribution in [2.24, 2.45) is 5.73 Å². The minimum absolute atomic E-state index is 0.0102. The van der Waals surface area contributed by atoms with E-state index in [1.807, 2.05) is 13.8 Å². The lowest BCUT2D eigenvalue weighted by Gasteiger charge is -2.10. The molecule has 0 saturated carbocycles. The SMILES string of the molecule is CCCNC(=O)CNC(=O)[C@@H](N)CCC. The number of hydrogen-bond acceptors (Lipinski definition) is 3. The Morgan fingerprint density at radius 3 is 2.40 bits per heavy atom. The molecule has 1 atom stereocenters. The van der Waals surface area contributed by atoms with Crippen LogP contribution in [0.3, 0.4) is 0 Å². The molecule has 15 heavy (non-hydrogen) atoms. The Hall–Kier alpha value is -1.10. The van der Waals surface area contributed by atoms with Crippen LogP contribution in [0.1, 0.15) is 33.1 Å². The molecule has 0 saturated heterocycles. The lowest BCUT2D eigenvalue weighted by molar-refractivity contribution is -0.126. The van der Waals surface area contributed by atoms with Crippen molar-refractivity contribution in [1.82, 2.24) is 10.6 Å². The molecule has 4 N–H and O–H groups in total. The third-order valence-electron chi connectivity index (χ3n) is 1.93. The zero-order valence-corrected chi connectivity index (χ0v) is 9.51. The molecular formula is C10H21N3O2. The first-order valence-electron chi connectivity index (χ1n) is 5.41. The van der Waals surface area contributed by atoms with Gasteiger partial charge in [-0.2, -0.15) is 0 Å². The first-order valence-corrected chi connectivity index (χ1v) is 5.41. The number of nitrogens with two attached hydrogens (primary N) is 1. The van der Waals surface area contributed by atoms with Crippen LogP contribution in [0, 0.1) is 0 Å². The number of carbonyl (C=O) groups excluding carboxylic acids is 2. The summed E-state index contributed by atoms with van der Waals surface area (Å²) in [6.07, 6.45) is 2.38. The fraction of sp³-hybridized carbons (Fsp3) is 0.800. The average Bonchev–Trinajstić information content (AvgIpc) is 2.23. The highest BCUT2D eigenvalue weighted by Gasteiger charge is 2.12. The van der Waals surface area contributed by atoms with Crippen LogP contribution in [0.5, 0.6) is 0 Å². The van der Waals surface area contributed by atoms with Gasteiger partial charge in [0.25, 0.3) is 0 Å². The highest BCUT2D eigenvalue weighted by Crippen LogP contribution is 1.92. The summed E-state index contributed by atoms with van der Waals surface area (Å²) in [5, 5.41) is 5.16. The summed E-state index contributed by atoms with van der Waals surface area (Å²) in [5.74, 6) is -0.433. The van der Waals surface area contributed by atoms with E-state index in [4.69, 9.17) is 5.73 Å². The maximum Gasteiger partial charge on any atom is 0.239 e. The van der Waals surface area contributed by atoms with Gasteiger partial charge in [0.05, 0.1) is 12.6 Å². The molecule has 0 aliphatic rings. The zero-order valence-electron chi connectivity index (χ0n) is 9.51. The number of amides is 2. The van der Waals surface area contributed by atoms with Crippen molar-refractivity contribution >= 4 is 11.8 Å². The van der Waals surface area contributed by atoms with Crippen LogP contribution in [0.4, 0.5) is 0 Å². The fourth-order valence-corrected chi connectivity index (χ4v) is 1.07. The molecule has 5 nitrogen and oxygen atoms in total. The Bertz CT molecular complexity index is 207. The molecule has 0 heterocycles. The predicted octanol–water partition coefficient (Wildman–Crippen LogP) is -0.244. The van der Waals surface area contributed by atoms with E-state index < -0.39 is 6.04 Å². The highest BCUT2D eigenvalue weighted by atomic mass is 16.2. The topological polar surface area (TPSA) is 84.2 Å². The largest absolute Gasteiger partial charge is 0.355 e. The molecule has 0 aromatic rings. The first-order chi connectivity index (χ1) is 7.11. The van der Waals surface area contributed by atoms with Crippen LogP contribution in [0.15, 0.2) is 0 Å². The zero-order chi connectivity index (χ0) is 11.7. The predicted molar refractivity (Wildman–Crippen MR) is 59.2 cm³/mol. The monoisotopic (exact) mass is 215 g/mol. The van der Waals surface area contributed by atoms with Gasteiger partial charge in [-0.3, -0.25) is 9.59 Å². The molecule has 0 aromatic carbocycles. The Kier molecular flexibility index (Phi) is 7.62. The maximum atomic E-state index is 11.3. The molecule has 2 amide bonds. The molecule has 0 rings (SSSR count). The summed E-state index contributed by atoms with van der Waals surface area (Å²) in [5.41, 5.74) is 5.57. The van der Waals surface area contributed by atoms with Crippen molar-refractivity contribution in [3.8, 4) is 0 Å². The van der Waals surface area contributed by atoms with E-state index in [-0.39, 0.29) is 18.4 Å². The minimum Gasteiger partial charge on any atom is -0.355 e. The van der Waals surface area contributed by atoms with E-state index in [0.29, 0.717) is 13.0 Å². The van der Waals surface area contributed by atoms with Gasteiger partial charge in [-0.15, -0.1) is 0 Å². The second-order valence-corrected chi connectivity index (χ2v) is 3.46. The van der Waals surface area contributed by atoms with Crippen LogP contribution >= 0.6 is 0 Å². The first kappa shape index (κ1) is 13.9. The van der Waals surface area contributed by atoms with Crippen molar-refractivity contribution < 1.29 is 9.59 Å². The summed E-state index contributed by atoms with van der Waals surface area (Å²) in [7, 11) is 0. The number of nitrogens with one attached hydrogen (secondary N) is 2. The summed E-state index contributed by atoms with van der Waals surface area (Å²) >= 11 is 0. The number of carbonyl (C=O) groups is 2. The maximum absolute atomic E-state index is 11.3. The van der Waals surface area contributed by atoms with Crippen molar-refractivity contribution in [2.45, 2.75) is 39.2 Å². The number of rotatable bonds is 7. The summed E-state index contributed by atoms with van der Waals surface area (Å²) in [6.45, 7) is 4.57. The van der Waals surface area contributed by atoms with Gasteiger partial charge in [0.2, 0.25) is 11.8 Å². The molecule has 0 aliphatic heterocycles. The lowest BCUT2D eigenvalue weighted by atomic mass is 10.2. The standard InChI is InChI=1S/C10H21N3O2/c1-3-5-8(11)10(15)13-7-9(14)12-6-4-2/h8H,3-7,11H2,1-2H3,(H,12,14)(H,13,15)/t8-/m0/s1. The second kappa shape index (κ2) is 8.23. The molecule has 88 valence electrons. The van der Waals surface area contributed by atoms with Crippen LogP contribution in [0.2, 0.25) is 0 Å². The molecule has 0 unspecified atom stereocenters. The third-order valence-corrected chi connectivity index (χ3v) is 1.93. The number of hydrogen-bond donors (Lipinski definition) is 3.